The first-order valence-electron chi connectivity index (χ1n) is 9.66. The number of anilines is 1. The van der Waals surface area contributed by atoms with Crippen LogP contribution in [0, 0.1) is 13.8 Å². The number of tetrazole rings is 1. The lowest BCUT2D eigenvalue weighted by molar-refractivity contribution is -0.113. The standard InChI is InChI=1S/C20H22N6O4S2/c1-5-30-19(29)15-12(3)16(17(28)21-4)32-18(15)22-14(27)10-31-20-23-24-25-26(20)13-8-6-7-11(2)9-13/h6-9H,5,10H2,1-4H3,(H,21,28)(H,22,27). The van der Waals surface area contributed by atoms with Gasteiger partial charge in [0.05, 0.1) is 28.5 Å². The van der Waals surface area contributed by atoms with E-state index >= 15 is 0 Å². The van der Waals surface area contributed by atoms with E-state index in [4.69, 9.17) is 4.74 Å². The number of nitrogens with zero attached hydrogens (tertiary/aromatic N) is 4. The molecular formula is C20H22N6O4S2. The van der Waals surface area contributed by atoms with E-state index in [2.05, 4.69) is 26.2 Å². The van der Waals surface area contributed by atoms with Crippen LogP contribution in [0.5, 0.6) is 0 Å². The summed E-state index contributed by atoms with van der Waals surface area (Å²) in [6.07, 6.45) is 0. The van der Waals surface area contributed by atoms with E-state index in [0.717, 1.165) is 34.3 Å². The van der Waals surface area contributed by atoms with Crippen LogP contribution in [0.1, 0.15) is 38.1 Å². The molecular weight excluding hydrogens is 452 g/mol. The van der Waals surface area contributed by atoms with Crippen LogP contribution in [0.25, 0.3) is 5.69 Å². The Kier molecular flexibility index (Phi) is 7.59. The molecule has 0 atom stereocenters. The Bertz CT molecular complexity index is 1160. The molecule has 0 aliphatic rings. The van der Waals surface area contributed by atoms with Crippen LogP contribution >= 0.6 is 23.1 Å². The highest BCUT2D eigenvalue weighted by atomic mass is 32.2. The van der Waals surface area contributed by atoms with Crippen molar-refractivity contribution in [1.29, 1.82) is 0 Å². The number of hydrogen-bond donors (Lipinski definition) is 2. The van der Waals surface area contributed by atoms with E-state index in [-0.39, 0.29) is 34.7 Å². The van der Waals surface area contributed by atoms with Gasteiger partial charge in [-0.15, -0.1) is 16.4 Å². The van der Waals surface area contributed by atoms with Gasteiger partial charge in [-0.3, -0.25) is 9.59 Å². The average molecular weight is 475 g/mol. The van der Waals surface area contributed by atoms with Crippen LogP contribution in [0.15, 0.2) is 29.4 Å². The van der Waals surface area contributed by atoms with Gasteiger partial charge in [0.15, 0.2) is 0 Å². The van der Waals surface area contributed by atoms with Gasteiger partial charge in [0.1, 0.15) is 5.00 Å². The number of benzene rings is 1. The molecule has 0 saturated carbocycles. The van der Waals surface area contributed by atoms with Gasteiger partial charge in [-0.05, 0) is 54.5 Å². The van der Waals surface area contributed by atoms with Crippen molar-refractivity contribution in [3.8, 4) is 5.69 Å². The van der Waals surface area contributed by atoms with Crippen molar-refractivity contribution in [2.75, 3.05) is 24.7 Å². The van der Waals surface area contributed by atoms with Crippen molar-refractivity contribution in [3.05, 3.63) is 45.8 Å². The molecule has 168 valence electrons. The predicted octanol–water partition coefficient (Wildman–Crippen LogP) is 2.61. The van der Waals surface area contributed by atoms with Crippen molar-refractivity contribution in [2.24, 2.45) is 0 Å². The van der Waals surface area contributed by atoms with Crippen LogP contribution in [0.4, 0.5) is 5.00 Å². The highest BCUT2D eigenvalue weighted by Gasteiger charge is 2.26. The first-order valence-corrected chi connectivity index (χ1v) is 11.5. The molecule has 0 saturated heterocycles. The molecule has 2 N–H and O–H groups in total. The lowest BCUT2D eigenvalue weighted by atomic mass is 10.1. The van der Waals surface area contributed by atoms with Crippen LogP contribution in [0.3, 0.4) is 0 Å². The second-order valence-electron chi connectivity index (χ2n) is 6.61. The lowest BCUT2D eigenvalue weighted by Gasteiger charge is -2.07. The summed E-state index contributed by atoms with van der Waals surface area (Å²) < 4.78 is 6.65. The third-order valence-electron chi connectivity index (χ3n) is 4.33. The molecule has 10 nitrogen and oxygen atoms in total. The minimum Gasteiger partial charge on any atom is -0.462 e. The Morgan fingerprint density at radius 2 is 2.03 bits per heavy atom. The normalized spacial score (nSPS) is 10.6. The van der Waals surface area contributed by atoms with E-state index < -0.39 is 5.97 Å². The van der Waals surface area contributed by atoms with Crippen molar-refractivity contribution in [3.63, 3.8) is 0 Å². The van der Waals surface area contributed by atoms with Gasteiger partial charge < -0.3 is 15.4 Å². The van der Waals surface area contributed by atoms with Gasteiger partial charge in [-0.2, -0.15) is 4.68 Å². The highest BCUT2D eigenvalue weighted by molar-refractivity contribution is 7.99. The smallest absolute Gasteiger partial charge is 0.341 e. The fraction of sp³-hybridized carbons (Fsp3) is 0.300. The van der Waals surface area contributed by atoms with E-state index in [1.54, 1.807) is 18.5 Å². The SMILES string of the molecule is CCOC(=O)c1c(NC(=O)CSc2nnnn2-c2cccc(C)c2)sc(C(=O)NC)c1C. The Morgan fingerprint density at radius 1 is 1.25 bits per heavy atom. The van der Waals surface area contributed by atoms with Gasteiger partial charge in [0.25, 0.3) is 5.91 Å². The summed E-state index contributed by atoms with van der Waals surface area (Å²) >= 11 is 2.18. The topological polar surface area (TPSA) is 128 Å². The molecule has 2 aromatic heterocycles. The molecule has 0 unspecified atom stereocenters. The van der Waals surface area contributed by atoms with E-state index in [1.165, 1.54) is 7.05 Å². The molecule has 2 amide bonds. The van der Waals surface area contributed by atoms with Gasteiger partial charge >= 0.3 is 5.97 Å². The monoisotopic (exact) mass is 474 g/mol. The zero-order chi connectivity index (χ0) is 23.3. The molecule has 0 aliphatic carbocycles. The van der Waals surface area contributed by atoms with E-state index in [0.29, 0.717) is 15.6 Å². The number of thiophene rings is 1. The minimum absolute atomic E-state index is 0.000704. The fourth-order valence-corrected chi connectivity index (χ4v) is 4.71. The molecule has 0 aliphatic heterocycles. The molecule has 12 heteroatoms. The summed E-state index contributed by atoms with van der Waals surface area (Å²) in [5, 5.41) is 17.6. The number of rotatable bonds is 8. The maximum Gasteiger partial charge on any atom is 0.341 e. The van der Waals surface area contributed by atoms with Crippen molar-refractivity contribution in [1.82, 2.24) is 25.5 Å². The number of esters is 1. The molecule has 2 heterocycles. The Hall–Kier alpha value is -3.25. The molecule has 0 spiro atoms. The number of carbonyl (C=O) groups is 3. The third kappa shape index (κ3) is 5.14. The van der Waals surface area contributed by atoms with Gasteiger partial charge in [-0.1, -0.05) is 23.9 Å². The zero-order valence-corrected chi connectivity index (χ0v) is 19.6. The maximum atomic E-state index is 12.6. The van der Waals surface area contributed by atoms with Crippen molar-refractivity contribution < 1.29 is 19.1 Å². The summed E-state index contributed by atoms with van der Waals surface area (Å²) in [4.78, 5) is 37.6. The largest absolute Gasteiger partial charge is 0.462 e. The number of carbonyl (C=O) groups excluding carboxylic acids is 3. The molecule has 1 aromatic carbocycles. The lowest BCUT2D eigenvalue weighted by Crippen LogP contribution is -2.18. The molecule has 0 fully saturated rings. The van der Waals surface area contributed by atoms with Crippen LogP contribution in [-0.4, -0.2) is 57.4 Å². The summed E-state index contributed by atoms with van der Waals surface area (Å²) in [5.41, 5.74) is 2.47. The quantitative estimate of drug-likeness (QED) is 0.377. The Balaban J connectivity index is 1.77. The number of nitrogens with one attached hydrogen (secondary N) is 2. The molecule has 32 heavy (non-hydrogen) atoms. The first kappa shape index (κ1) is 23.4. The molecule has 0 radical (unpaired) electrons. The predicted molar refractivity (Wildman–Crippen MR) is 122 cm³/mol. The first-order chi connectivity index (χ1) is 15.3. The van der Waals surface area contributed by atoms with Gasteiger partial charge in [0.2, 0.25) is 11.1 Å². The number of ether oxygens (including phenoxy) is 1. The number of hydrogen-bond acceptors (Lipinski definition) is 9. The fourth-order valence-electron chi connectivity index (χ4n) is 2.86. The maximum absolute atomic E-state index is 12.6. The number of thioether (sulfide) groups is 1. The summed E-state index contributed by atoms with van der Waals surface area (Å²) in [6.45, 7) is 5.47. The second kappa shape index (κ2) is 10.4. The van der Waals surface area contributed by atoms with Crippen molar-refractivity contribution in [2.45, 2.75) is 25.9 Å². The van der Waals surface area contributed by atoms with Crippen LogP contribution < -0.4 is 10.6 Å². The molecule has 0 bridgehead atoms. The third-order valence-corrected chi connectivity index (χ3v) is 6.46. The van der Waals surface area contributed by atoms with Crippen molar-refractivity contribution >= 4 is 45.9 Å². The van der Waals surface area contributed by atoms with Crippen LogP contribution in [0.2, 0.25) is 0 Å². The van der Waals surface area contributed by atoms with Gasteiger partial charge in [-0.25, -0.2) is 4.79 Å². The highest BCUT2D eigenvalue weighted by Crippen LogP contribution is 2.34. The number of aromatic nitrogens is 4. The summed E-state index contributed by atoms with van der Waals surface area (Å²) in [6, 6.07) is 7.66. The summed E-state index contributed by atoms with van der Waals surface area (Å²) in [5.74, 6) is -1.31. The second-order valence-corrected chi connectivity index (χ2v) is 8.57. The summed E-state index contributed by atoms with van der Waals surface area (Å²) in [7, 11) is 1.50. The number of amides is 2. The van der Waals surface area contributed by atoms with E-state index in [1.807, 2.05) is 31.2 Å². The average Bonchev–Trinajstić information content (AvgIpc) is 3.36. The Labute approximate surface area is 192 Å². The molecule has 3 aromatic rings. The minimum atomic E-state index is -0.595. The Morgan fingerprint density at radius 3 is 2.72 bits per heavy atom. The molecule has 3 rings (SSSR count). The van der Waals surface area contributed by atoms with Gasteiger partial charge in [0, 0.05) is 7.05 Å². The van der Waals surface area contributed by atoms with Crippen LogP contribution in [-0.2, 0) is 9.53 Å². The van der Waals surface area contributed by atoms with E-state index in [9.17, 15) is 14.4 Å². The number of aryl methyl sites for hydroxylation is 1. The zero-order valence-electron chi connectivity index (χ0n) is 18.0.